The van der Waals surface area contributed by atoms with Crippen LogP contribution in [0.4, 0.5) is 0 Å². The third-order valence-corrected chi connectivity index (χ3v) is 5.29. The van der Waals surface area contributed by atoms with Gasteiger partial charge in [-0.2, -0.15) is 0 Å². The first-order valence-electron chi connectivity index (χ1n) is 9.17. The molecule has 0 atom stereocenters. The van der Waals surface area contributed by atoms with E-state index in [1.165, 1.54) is 11.2 Å². The SMILES string of the molecule is CC(C)[NH+](Cc1c(O)ccc2c(=O)c(-c3ccc(Cl)cc3)coc12)C(C)C. The van der Waals surface area contributed by atoms with Crippen LogP contribution >= 0.6 is 11.6 Å². The fraction of sp³-hybridized carbons (Fsp3) is 0.318. The molecule has 142 valence electrons. The van der Waals surface area contributed by atoms with Crippen molar-refractivity contribution in [3.63, 3.8) is 0 Å². The van der Waals surface area contributed by atoms with Gasteiger partial charge in [-0.1, -0.05) is 23.7 Å². The predicted molar refractivity (Wildman–Crippen MR) is 110 cm³/mol. The zero-order chi connectivity index (χ0) is 19.7. The molecule has 4 nitrogen and oxygen atoms in total. The minimum absolute atomic E-state index is 0.115. The lowest BCUT2D eigenvalue weighted by Crippen LogP contribution is -3.16. The largest absolute Gasteiger partial charge is 0.507 e. The molecule has 5 heteroatoms. The van der Waals surface area contributed by atoms with Crippen molar-refractivity contribution in [1.29, 1.82) is 0 Å². The van der Waals surface area contributed by atoms with Gasteiger partial charge in [-0.05, 0) is 57.5 Å². The summed E-state index contributed by atoms with van der Waals surface area (Å²) in [5.41, 5.74) is 2.24. The molecule has 1 heterocycles. The van der Waals surface area contributed by atoms with Crippen LogP contribution in [0.15, 0.2) is 51.9 Å². The number of hydrogen-bond acceptors (Lipinski definition) is 3. The number of rotatable bonds is 5. The lowest BCUT2D eigenvalue weighted by atomic mass is 10.0. The molecule has 0 aliphatic heterocycles. The normalized spacial score (nSPS) is 11.9. The smallest absolute Gasteiger partial charge is 0.200 e. The highest BCUT2D eigenvalue weighted by Gasteiger charge is 2.23. The Morgan fingerprint density at radius 2 is 1.67 bits per heavy atom. The summed E-state index contributed by atoms with van der Waals surface area (Å²) in [5, 5.41) is 11.5. The Bertz CT molecular complexity index is 998. The van der Waals surface area contributed by atoms with Crippen molar-refractivity contribution in [3.8, 4) is 16.9 Å². The van der Waals surface area contributed by atoms with E-state index in [0.29, 0.717) is 45.7 Å². The van der Waals surface area contributed by atoms with Gasteiger partial charge in [0.25, 0.3) is 0 Å². The number of phenolic OH excluding ortho intramolecular Hbond substituents is 1. The van der Waals surface area contributed by atoms with E-state index in [1.54, 1.807) is 36.4 Å². The average Bonchev–Trinajstić information content (AvgIpc) is 2.61. The molecule has 2 N–H and O–H groups in total. The van der Waals surface area contributed by atoms with E-state index in [-0.39, 0.29) is 11.2 Å². The molecule has 3 aromatic rings. The zero-order valence-corrected chi connectivity index (χ0v) is 16.8. The molecule has 0 saturated carbocycles. The highest BCUT2D eigenvalue weighted by molar-refractivity contribution is 6.30. The van der Waals surface area contributed by atoms with Gasteiger partial charge in [0.05, 0.1) is 28.6 Å². The molecule has 3 rings (SSSR count). The number of fused-ring (bicyclic) bond motifs is 1. The van der Waals surface area contributed by atoms with Crippen LogP contribution in [0, 0.1) is 0 Å². The van der Waals surface area contributed by atoms with Gasteiger partial charge in [0.15, 0.2) is 0 Å². The summed E-state index contributed by atoms with van der Waals surface area (Å²) in [6.07, 6.45) is 1.47. The van der Waals surface area contributed by atoms with Gasteiger partial charge in [-0.15, -0.1) is 0 Å². The molecule has 0 fully saturated rings. The number of phenols is 1. The summed E-state index contributed by atoms with van der Waals surface area (Å²) in [6, 6.07) is 11.0. The second-order valence-corrected chi connectivity index (χ2v) is 7.92. The van der Waals surface area contributed by atoms with Crippen LogP contribution in [0.5, 0.6) is 5.75 Å². The third-order valence-electron chi connectivity index (χ3n) is 5.04. The van der Waals surface area contributed by atoms with Gasteiger partial charge in [0.1, 0.15) is 24.1 Å². The summed E-state index contributed by atoms with van der Waals surface area (Å²) in [5.74, 6) is 0.156. The van der Waals surface area contributed by atoms with Crippen LogP contribution in [0.25, 0.3) is 22.1 Å². The molecule has 0 unspecified atom stereocenters. The first-order chi connectivity index (χ1) is 12.8. The van der Waals surface area contributed by atoms with E-state index >= 15 is 0 Å². The number of benzene rings is 2. The molecule has 0 saturated heterocycles. The lowest BCUT2D eigenvalue weighted by molar-refractivity contribution is -0.955. The van der Waals surface area contributed by atoms with Crippen molar-refractivity contribution in [3.05, 3.63) is 63.5 Å². The molecule has 1 aromatic heterocycles. The van der Waals surface area contributed by atoms with E-state index in [2.05, 4.69) is 27.7 Å². The molecular formula is C22H25ClNO3+. The van der Waals surface area contributed by atoms with Crippen LogP contribution in [-0.2, 0) is 6.54 Å². The highest BCUT2D eigenvalue weighted by Crippen LogP contribution is 2.28. The number of aromatic hydroxyl groups is 1. The zero-order valence-electron chi connectivity index (χ0n) is 16.0. The van der Waals surface area contributed by atoms with E-state index in [4.69, 9.17) is 16.0 Å². The van der Waals surface area contributed by atoms with E-state index in [9.17, 15) is 9.90 Å². The third kappa shape index (κ3) is 3.87. The Balaban J connectivity index is 2.14. The van der Waals surface area contributed by atoms with E-state index in [1.807, 2.05) is 0 Å². The molecule has 2 aromatic carbocycles. The van der Waals surface area contributed by atoms with Crippen molar-refractivity contribution in [1.82, 2.24) is 0 Å². The monoisotopic (exact) mass is 386 g/mol. The number of hydrogen-bond donors (Lipinski definition) is 2. The maximum absolute atomic E-state index is 13.0. The summed E-state index contributed by atoms with van der Waals surface area (Å²) >= 11 is 5.94. The Morgan fingerprint density at radius 1 is 1.04 bits per heavy atom. The predicted octanol–water partition coefficient (Wildman–Crippen LogP) is 4.02. The van der Waals surface area contributed by atoms with Crippen molar-refractivity contribution >= 4 is 22.6 Å². The number of halogens is 1. The Kier molecular flexibility index (Phi) is 5.59. The fourth-order valence-corrected chi connectivity index (χ4v) is 3.65. The van der Waals surface area contributed by atoms with E-state index in [0.717, 1.165) is 5.56 Å². The number of quaternary nitrogens is 1. The van der Waals surface area contributed by atoms with Gasteiger partial charge in [-0.3, -0.25) is 4.79 Å². The molecule has 0 radical (unpaired) electrons. The quantitative estimate of drug-likeness (QED) is 0.696. The van der Waals surface area contributed by atoms with Gasteiger partial charge in [-0.25, -0.2) is 0 Å². The average molecular weight is 387 g/mol. The molecular weight excluding hydrogens is 362 g/mol. The minimum Gasteiger partial charge on any atom is -0.507 e. The van der Waals surface area contributed by atoms with E-state index < -0.39 is 0 Å². The van der Waals surface area contributed by atoms with Crippen LogP contribution in [-0.4, -0.2) is 17.2 Å². The minimum atomic E-state index is -0.115. The first-order valence-corrected chi connectivity index (χ1v) is 9.55. The maximum Gasteiger partial charge on any atom is 0.200 e. The fourth-order valence-electron chi connectivity index (χ4n) is 3.53. The molecule has 0 spiro atoms. The Labute approximate surface area is 164 Å². The van der Waals surface area contributed by atoms with Crippen LogP contribution < -0.4 is 10.3 Å². The van der Waals surface area contributed by atoms with Crippen LogP contribution in [0.1, 0.15) is 33.3 Å². The van der Waals surface area contributed by atoms with Crippen molar-refractivity contribution in [2.75, 3.05) is 0 Å². The summed E-state index contributed by atoms with van der Waals surface area (Å²) in [7, 11) is 0. The topological polar surface area (TPSA) is 54.9 Å². The van der Waals surface area contributed by atoms with Crippen molar-refractivity contribution in [2.24, 2.45) is 0 Å². The molecule has 27 heavy (non-hydrogen) atoms. The van der Waals surface area contributed by atoms with Gasteiger partial charge >= 0.3 is 0 Å². The van der Waals surface area contributed by atoms with Gasteiger partial charge in [0, 0.05) is 5.02 Å². The highest BCUT2D eigenvalue weighted by atomic mass is 35.5. The second-order valence-electron chi connectivity index (χ2n) is 7.49. The molecule has 0 aliphatic carbocycles. The standard InChI is InChI=1S/C22H24ClNO3/c1-13(2)24(14(3)4)11-18-20(25)10-9-17-21(26)19(12-27-22(17)18)15-5-7-16(23)8-6-15/h5-10,12-14,25H,11H2,1-4H3/p+1. The molecule has 0 amide bonds. The van der Waals surface area contributed by atoms with Gasteiger partial charge in [0.2, 0.25) is 5.43 Å². The molecule has 0 aliphatic rings. The second kappa shape index (κ2) is 7.75. The molecule has 0 bridgehead atoms. The maximum atomic E-state index is 13.0. The summed E-state index contributed by atoms with van der Waals surface area (Å²) in [6.45, 7) is 9.17. The van der Waals surface area contributed by atoms with Crippen LogP contribution in [0.2, 0.25) is 5.02 Å². The summed E-state index contributed by atoms with van der Waals surface area (Å²) < 4.78 is 5.87. The summed E-state index contributed by atoms with van der Waals surface area (Å²) in [4.78, 5) is 14.4. The Morgan fingerprint density at radius 3 is 2.26 bits per heavy atom. The Hall–Kier alpha value is -2.30. The van der Waals surface area contributed by atoms with Crippen LogP contribution in [0.3, 0.4) is 0 Å². The lowest BCUT2D eigenvalue weighted by Gasteiger charge is -2.27. The van der Waals surface area contributed by atoms with Crippen molar-refractivity contribution in [2.45, 2.75) is 46.3 Å². The number of nitrogens with one attached hydrogen (secondary N) is 1. The van der Waals surface area contributed by atoms with Gasteiger partial charge < -0.3 is 14.4 Å². The van der Waals surface area contributed by atoms with Crippen molar-refractivity contribution < 1.29 is 14.4 Å². The first kappa shape index (κ1) is 19.5.